The summed E-state index contributed by atoms with van der Waals surface area (Å²) in [6, 6.07) is 13.9. The lowest BCUT2D eigenvalue weighted by molar-refractivity contribution is 0.103. The Kier molecular flexibility index (Phi) is 6.02. The highest BCUT2D eigenvalue weighted by Gasteiger charge is 2.20. The molecule has 2 aromatic carbocycles. The number of aryl methyl sites for hydroxylation is 1. The number of halogens is 2. The smallest absolute Gasteiger partial charge is 0.331 e. The average Bonchev–Trinajstić information content (AvgIpc) is 2.77. The van der Waals surface area contributed by atoms with Crippen LogP contribution in [0.1, 0.15) is 32.7 Å². The number of rotatable bonds is 5. The van der Waals surface area contributed by atoms with Gasteiger partial charge in [0, 0.05) is 45.7 Å². The Balaban J connectivity index is 1.53. The minimum atomic E-state index is -0.341. The van der Waals surface area contributed by atoms with Crippen molar-refractivity contribution in [3.05, 3.63) is 92.7 Å². The number of hydrogen-bond donors (Lipinski definition) is 1. The van der Waals surface area contributed by atoms with E-state index >= 15 is 0 Å². The number of hydrazone groups is 1. The van der Waals surface area contributed by atoms with Gasteiger partial charge in [-0.3, -0.25) is 9.78 Å². The van der Waals surface area contributed by atoms with E-state index in [0.717, 1.165) is 16.8 Å². The Labute approximate surface area is 189 Å². The molecule has 0 spiro atoms. The van der Waals surface area contributed by atoms with Crippen molar-refractivity contribution in [2.75, 3.05) is 11.6 Å². The first-order chi connectivity index (χ1) is 14.9. The van der Waals surface area contributed by atoms with Crippen molar-refractivity contribution in [3.63, 3.8) is 0 Å². The SMILES string of the molecule is Cc1ccc(C(=O)c2ccc(Cc3c(Cl)cc(N4N=CCNC4=O)cc3Cl)cc2)cn1. The first-order valence-corrected chi connectivity index (χ1v) is 10.3. The van der Waals surface area contributed by atoms with Gasteiger partial charge in [0.2, 0.25) is 0 Å². The van der Waals surface area contributed by atoms with Gasteiger partial charge in [-0.05, 0) is 42.3 Å². The lowest BCUT2D eigenvalue weighted by atomic mass is 9.99. The van der Waals surface area contributed by atoms with Crippen LogP contribution in [0, 0.1) is 6.92 Å². The fourth-order valence-corrected chi connectivity index (χ4v) is 3.80. The molecule has 0 saturated carbocycles. The number of hydrogen-bond acceptors (Lipinski definition) is 4. The molecule has 0 saturated heterocycles. The van der Waals surface area contributed by atoms with Gasteiger partial charge in [0.25, 0.3) is 0 Å². The van der Waals surface area contributed by atoms with Crippen LogP contribution in [0.15, 0.2) is 59.8 Å². The van der Waals surface area contributed by atoms with Crippen molar-refractivity contribution < 1.29 is 9.59 Å². The Hall–Kier alpha value is -3.22. The van der Waals surface area contributed by atoms with E-state index in [-0.39, 0.29) is 11.8 Å². The first-order valence-electron chi connectivity index (χ1n) is 9.57. The number of urea groups is 1. The molecular formula is C23H18Cl2N4O2. The van der Waals surface area contributed by atoms with E-state index in [0.29, 0.717) is 39.8 Å². The summed E-state index contributed by atoms with van der Waals surface area (Å²) in [5.74, 6) is -0.0835. The minimum absolute atomic E-state index is 0.0835. The molecule has 0 fully saturated rings. The van der Waals surface area contributed by atoms with E-state index in [2.05, 4.69) is 15.4 Å². The second kappa shape index (κ2) is 8.88. The van der Waals surface area contributed by atoms with Crippen LogP contribution >= 0.6 is 23.2 Å². The van der Waals surface area contributed by atoms with E-state index in [1.165, 1.54) is 5.01 Å². The summed E-state index contributed by atoms with van der Waals surface area (Å²) in [7, 11) is 0. The molecule has 0 atom stereocenters. The predicted octanol–water partition coefficient (Wildman–Crippen LogP) is 5.03. The van der Waals surface area contributed by atoms with Crippen molar-refractivity contribution in [2.45, 2.75) is 13.3 Å². The zero-order valence-corrected chi connectivity index (χ0v) is 18.1. The van der Waals surface area contributed by atoms with E-state index in [1.807, 2.05) is 25.1 Å². The Bertz CT molecular complexity index is 1150. The third-order valence-electron chi connectivity index (χ3n) is 4.88. The second-order valence-electron chi connectivity index (χ2n) is 7.07. The van der Waals surface area contributed by atoms with Crippen LogP contribution < -0.4 is 10.3 Å². The van der Waals surface area contributed by atoms with Gasteiger partial charge in [-0.1, -0.05) is 47.5 Å². The normalized spacial score (nSPS) is 13.3. The molecule has 1 N–H and O–H groups in total. The zero-order valence-electron chi connectivity index (χ0n) is 16.6. The molecule has 1 aliphatic heterocycles. The van der Waals surface area contributed by atoms with Gasteiger partial charge in [-0.2, -0.15) is 10.1 Å². The van der Waals surface area contributed by atoms with Crippen molar-refractivity contribution >= 4 is 46.9 Å². The quantitative estimate of drug-likeness (QED) is 0.551. The third kappa shape index (κ3) is 4.60. The average molecular weight is 453 g/mol. The molecule has 8 heteroatoms. The number of carbonyl (C=O) groups excluding carboxylic acids is 2. The predicted molar refractivity (Wildman–Crippen MR) is 122 cm³/mol. The number of benzene rings is 2. The number of amides is 2. The molecule has 2 heterocycles. The van der Waals surface area contributed by atoms with Gasteiger partial charge in [0.05, 0.1) is 12.2 Å². The van der Waals surface area contributed by atoms with Crippen molar-refractivity contribution in [3.8, 4) is 0 Å². The lowest BCUT2D eigenvalue weighted by Gasteiger charge is -2.22. The number of carbonyl (C=O) groups is 2. The molecule has 6 nitrogen and oxygen atoms in total. The number of nitrogens with one attached hydrogen (secondary N) is 1. The molecule has 31 heavy (non-hydrogen) atoms. The summed E-state index contributed by atoms with van der Waals surface area (Å²) in [5.41, 5.74) is 4.15. The Morgan fingerprint density at radius 2 is 1.74 bits per heavy atom. The number of nitrogens with zero attached hydrogens (tertiary/aromatic N) is 3. The largest absolute Gasteiger partial charge is 0.342 e. The maximum Gasteiger partial charge on any atom is 0.342 e. The van der Waals surface area contributed by atoms with Gasteiger partial charge in [-0.25, -0.2) is 4.79 Å². The van der Waals surface area contributed by atoms with E-state index in [9.17, 15) is 9.59 Å². The van der Waals surface area contributed by atoms with Gasteiger partial charge >= 0.3 is 6.03 Å². The van der Waals surface area contributed by atoms with E-state index in [1.54, 1.807) is 42.7 Å². The summed E-state index contributed by atoms with van der Waals surface area (Å²) in [6.45, 7) is 2.26. The molecule has 4 rings (SSSR count). The number of ketones is 1. The molecule has 156 valence electrons. The third-order valence-corrected chi connectivity index (χ3v) is 5.55. The van der Waals surface area contributed by atoms with Crippen molar-refractivity contribution in [1.82, 2.24) is 10.3 Å². The number of anilines is 1. The lowest BCUT2D eigenvalue weighted by Crippen LogP contribution is -2.41. The maximum atomic E-state index is 12.6. The highest BCUT2D eigenvalue weighted by molar-refractivity contribution is 6.36. The first kappa shape index (κ1) is 21.0. The molecule has 0 radical (unpaired) electrons. The van der Waals surface area contributed by atoms with Gasteiger partial charge in [0.1, 0.15) is 0 Å². The van der Waals surface area contributed by atoms with E-state index < -0.39 is 0 Å². The van der Waals surface area contributed by atoms with Gasteiger partial charge in [-0.15, -0.1) is 0 Å². The van der Waals surface area contributed by atoms with Crippen LogP contribution in [0.5, 0.6) is 0 Å². The van der Waals surface area contributed by atoms with E-state index in [4.69, 9.17) is 23.2 Å². The molecule has 3 aromatic rings. The summed E-state index contributed by atoms with van der Waals surface area (Å²) in [5, 5.41) is 8.83. The molecular weight excluding hydrogens is 435 g/mol. The van der Waals surface area contributed by atoms with Crippen LogP contribution in [0.25, 0.3) is 0 Å². The van der Waals surface area contributed by atoms with Gasteiger partial charge < -0.3 is 5.32 Å². The molecule has 1 aromatic heterocycles. The summed E-state index contributed by atoms with van der Waals surface area (Å²) in [4.78, 5) is 28.8. The van der Waals surface area contributed by atoms with Crippen LogP contribution in [-0.2, 0) is 6.42 Å². The van der Waals surface area contributed by atoms with Crippen LogP contribution in [0.3, 0.4) is 0 Å². The summed E-state index contributed by atoms with van der Waals surface area (Å²) < 4.78 is 0. The van der Waals surface area contributed by atoms with Crippen LogP contribution in [0.2, 0.25) is 10.0 Å². The molecule has 1 aliphatic rings. The monoisotopic (exact) mass is 452 g/mol. The highest BCUT2D eigenvalue weighted by atomic mass is 35.5. The Morgan fingerprint density at radius 3 is 2.35 bits per heavy atom. The fraction of sp³-hybridized carbons (Fsp3) is 0.130. The maximum absolute atomic E-state index is 12.6. The fourth-order valence-electron chi connectivity index (χ4n) is 3.19. The van der Waals surface area contributed by atoms with Crippen molar-refractivity contribution in [2.24, 2.45) is 5.10 Å². The second-order valence-corrected chi connectivity index (χ2v) is 7.89. The van der Waals surface area contributed by atoms with Crippen LogP contribution in [0.4, 0.5) is 10.5 Å². The topological polar surface area (TPSA) is 74.7 Å². The minimum Gasteiger partial charge on any atom is -0.331 e. The highest BCUT2D eigenvalue weighted by Crippen LogP contribution is 2.33. The summed E-state index contributed by atoms with van der Waals surface area (Å²) in [6.07, 6.45) is 3.65. The molecule has 2 amide bonds. The Morgan fingerprint density at radius 1 is 1.06 bits per heavy atom. The zero-order chi connectivity index (χ0) is 22.0. The molecule has 0 aliphatic carbocycles. The number of aromatic nitrogens is 1. The van der Waals surface area contributed by atoms with Crippen LogP contribution in [-0.4, -0.2) is 29.6 Å². The van der Waals surface area contributed by atoms with Gasteiger partial charge in [0.15, 0.2) is 5.78 Å². The standard InChI is InChI=1S/C23H18Cl2N4O2/c1-14-2-5-17(13-27-14)22(30)16-6-3-15(4-7-16)10-19-20(24)11-18(12-21(19)25)29-23(31)26-8-9-28-29/h2-7,9,11-13H,8,10H2,1H3,(H,26,31). The summed E-state index contributed by atoms with van der Waals surface area (Å²) >= 11 is 12.9. The molecule has 0 bridgehead atoms. The number of pyridine rings is 1. The molecule has 0 unspecified atom stereocenters. The van der Waals surface area contributed by atoms with Crippen molar-refractivity contribution in [1.29, 1.82) is 0 Å².